The third kappa shape index (κ3) is 3.15. The normalized spacial score (nSPS) is 17.2. The van der Waals surface area contributed by atoms with Gasteiger partial charge in [-0.25, -0.2) is 14.4 Å². The first-order valence-electron chi connectivity index (χ1n) is 8.20. The van der Waals surface area contributed by atoms with Gasteiger partial charge in [0.2, 0.25) is 5.91 Å². The zero-order valence-corrected chi connectivity index (χ0v) is 13.5. The Kier molecular flexibility index (Phi) is 4.01. The van der Waals surface area contributed by atoms with Crippen LogP contribution in [0.3, 0.4) is 0 Å². The van der Waals surface area contributed by atoms with Crippen molar-refractivity contribution in [2.45, 2.75) is 19.0 Å². The molecule has 0 radical (unpaired) electrons. The monoisotopic (exact) mass is 336 g/mol. The van der Waals surface area contributed by atoms with E-state index in [9.17, 15) is 9.18 Å². The maximum Gasteiger partial charge on any atom is 0.245 e. The van der Waals surface area contributed by atoms with Crippen LogP contribution in [0, 0.1) is 5.82 Å². The number of halogens is 1. The van der Waals surface area contributed by atoms with Gasteiger partial charge in [0.1, 0.15) is 24.0 Å². The van der Waals surface area contributed by atoms with Crippen molar-refractivity contribution in [3.63, 3.8) is 0 Å². The molecule has 2 heterocycles. The second-order valence-electron chi connectivity index (χ2n) is 6.11. The lowest BCUT2D eigenvalue weighted by Gasteiger charge is -2.18. The number of aromatic nitrogens is 2. The minimum absolute atomic E-state index is 0.0343. The highest BCUT2D eigenvalue weighted by molar-refractivity contribution is 5.92. The molecule has 1 fully saturated rings. The van der Waals surface area contributed by atoms with Gasteiger partial charge in [0.15, 0.2) is 0 Å². The van der Waals surface area contributed by atoms with Gasteiger partial charge < -0.3 is 10.2 Å². The van der Waals surface area contributed by atoms with Crippen molar-refractivity contribution in [2.75, 3.05) is 11.9 Å². The van der Waals surface area contributed by atoms with Crippen molar-refractivity contribution >= 4 is 22.6 Å². The maximum absolute atomic E-state index is 13.6. The number of likely N-dealkylation sites (tertiary alicyclic amines) is 1. The van der Waals surface area contributed by atoms with Gasteiger partial charge in [-0.05, 0) is 30.2 Å². The predicted molar refractivity (Wildman–Crippen MR) is 93.4 cm³/mol. The molecule has 1 unspecified atom stereocenters. The summed E-state index contributed by atoms with van der Waals surface area (Å²) >= 11 is 0. The number of nitrogens with one attached hydrogen (secondary N) is 1. The van der Waals surface area contributed by atoms with Gasteiger partial charge >= 0.3 is 0 Å². The van der Waals surface area contributed by atoms with E-state index in [1.807, 2.05) is 35.2 Å². The standard InChI is InChI=1S/C19H17FN4O/c20-14-6-7-16-15(10-14)18(22-12-21-16)23-17-8-9-24(19(17)25)11-13-4-2-1-3-5-13/h1-7,10,12,17H,8-9,11H2,(H,21,22,23). The predicted octanol–water partition coefficient (Wildman–Crippen LogP) is 2.98. The van der Waals surface area contributed by atoms with E-state index in [-0.39, 0.29) is 17.8 Å². The molecular weight excluding hydrogens is 319 g/mol. The molecule has 0 saturated carbocycles. The molecule has 1 amide bonds. The molecule has 126 valence electrons. The quantitative estimate of drug-likeness (QED) is 0.796. The van der Waals surface area contributed by atoms with E-state index < -0.39 is 0 Å². The Morgan fingerprint density at radius 3 is 2.84 bits per heavy atom. The molecule has 6 heteroatoms. The summed E-state index contributed by atoms with van der Waals surface area (Å²) in [4.78, 5) is 22.8. The van der Waals surface area contributed by atoms with Crippen molar-refractivity contribution in [3.8, 4) is 0 Å². The van der Waals surface area contributed by atoms with Crippen molar-refractivity contribution in [3.05, 3.63) is 66.2 Å². The highest BCUT2D eigenvalue weighted by Gasteiger charge is 2.32. The van der Waals surface area contributed by atoms with Crippen molar-refractivity contribution < 1.29 is 9.18 Å². The Balaban J connectivity index is 1.52. The second-order valence-corrected chi connectivity index (χ2v) is 6.11. The van der Waals surface area contributed by atoms with E-state index in [0.717, 1.165) is 5.56 Å². The van der Waals surface area contributed by atoms with Gasteiger partial charge in [0, 0.05) is 18.5 Å². The summed E-state index contributed by atoms with van der Waals surface area (Å²) in [5.74, 6) is 0.172. The zero-order valence-electron chi connectivity index (χ0n) is 13.5. The number of fused-ring (bicyclic) bond motifs is 1. The van der Waals surface area contributed by atoms with Gasteiger partial charge in [0.05, 0.1) is 5.52 Å². The molecule has 4 rings (SSSR count). The van der Waals surface area contributed by atoms with Crippen LogP contribution in [0.1, 0.15) is 12.0 Å². The maximum atomic E-state index is 13.6. The molecule has 5 nitrogen and oxygen atoms in total. The molecule has 1 aliphatic rings. The number of hydrogen-bond donors (Lipinski definition) is 1. The van der Waals surface area contributed by atoms with Gasteiger partial charge in [0.25, 0.3) is 0 Å². The lowest BCUT2D eigenvalue weighted by atomic mass is 10.2. The van der Waals surface area contributed by atoms with Crippen molar-refractivity contribution in [2.24, 2.45) is 0 Å². The number of nitrogens with zero attached hydrogens (tertiary/aromatic N) is 3. The van der Waals surface area contributed by atoms with Gasteiger partial charge in [-0.3, -0.25) is 4.79 Å². The highest BCUT2D eigenvalue weighted by Crippen LogP contribution is 2.24. The number of hydrogen-bond acceptors (Lipinski definition) is 4. The van der Waals surface area contributed by atoms with E-state index >= 15 is 0 Å². The Hall–Kier alpha value is -3.02. The van der Waals surface area contributed by atoms with E-state index in [4.69, 9.17) is 0 Å². The second kappa shape index (κ2) is 6.47. The average molecular weight is 336 g/mol. The number of carbonyl (C=O) groups is 1. The average Bonchev–Trinajstić information content (AvgIpc) is 2.96. The molecule has 1 saturated heterocycles. The zero-order chi connectivity index (χ0) is 17.2. The van der Waals surface area contributed by atoms with Gasteiger partial charge in [-0.1, -0.05) is 30.3 Å². The molecule has 25 heavy (non-hydrogen) atoms. The first-order valence-corrected chi connectivity index (χ1v) is 8.20. The van der Waals surface area contributed by atoms with Crippen LogP contribution in [-0.2, 0) is 11.3 Å². The first kappa shape index (κ1) is 15.5. The third-order valence-electron chi connectivity index (χ3n) is 4.42. The van der Waals surface area contributed by atoms with E-state index in [0.29, 0.717) is 36.2 Å². The smallest absolute Gasteiger partial charge is 0.245 e. The first-order chi connectivity index (χ1) is 12.2. The Morgan fingerprint density at radius 2 is 2.00 bits per heavy atom. The summed E-state index contributed by atoms with van der Waals surface area (Å²) in [7, 11) is 0. The highest BCUT2D eigenvalue weighted by atomic mass is 19.1. The molecule has 1 N–H and O–H groups in total. The molecule has 3 aromatic rings. The van der Waals surface area contributed by atoms with Crippen molar-refractivity contribution in [1.82, 2.24) is 14.9 Å². The number of amides is 1. The molecule has 0 bridgehead atoms. The van der Waals surface area contributed by atoms with Crippen LogP contribution >= 0.6 is 0 Å². The van der Waals surface area contributed by atoms with E-state index in [1.165, 1.54) is 18.5 Å². The fourth-order valence-corrected chi connectivity index (χ4v) is 3.14. The number of rotatable bonds is 4. The summed E-state index contributed by atoms with van der Waals surface area (Å²) in [6, 6.07) is 13.9. The molecule has 1 aromatic heterocycles. The molecule has 2 aromatic carbocycles. The van der Waals surface area contributed by atoms with Crippen LogP contribution < -0.4 is 5.32 Å². The number of benzene rings is 2. The van der Waals surface area contributed by atoms with Crippen LogP contribution in [0.5, 0.6) is 0 Å². The largest absolute Gasteiger partial charge is 0.358 e. The molecule has 0 spiro atoms. The van der Waals surface area contributed by atoms with Gasteiger partial charge in [-0.15, -0.1) is 0 Å². The van der Waals surface area contributed by atoms with Gasteiger partial charge in [-0.2, -0.15) is 0 Å². The van der Waals surface area contributed by atoms with E-state index in [1.54, 1.807) is 6.07 Å². The number of anilines is 1. The number of carbonyl (C=O) groups excluding carboxylic acids is 1. The Bertz CT molecular complexity index is 916. The van der Waals surface area contributed by atoms with Crippen LogP contribution in [-0.4, -0.2) is 33.4 Å². The molecule has 1 aliphatic heterocycles. The third-order valence-corrected chi connectivity index (χ3v) is 4.42. The van der Waals surface area contributed by atoms with Crippen molar-refractivity contribution in [1.29, 1.82) is 0 Å². The van der Waals surface area contributed by atoms with Crippen LogP contribution in [0.25, 0.3) is 10.9 Å². The fraction of sp³-hybridized carbons (Fsp3) is 0.211. The molecular formula is C19H17FN4O. The summed E-state index contributed by atoms with van der Waals surface area (Å²) in [6.45, 7) is 1.28. The lowest BCUT2D eigenvalue weighted by Crippen LogP contribution is -2.33. The Morgan fingerprint density at radius 1 is 1.16 bits per heavy atom. The minimum Gasteiger partial charge on any atom is -0.358 e. The Labute approximate surface area is 144 Å². The molecule has 1 atom stereocenters. The minimum atomic E-state index is -0.356. The van der Waals surface area contributed by atoms with Crippen LogP contribution in [0.2, 0.25) is 0 Å². The lowest BCUT2D eigenvalue weighted by molar-refractivity contribution is -0.128. The summed E-state index contributed by atoms with van der Waals surface area (Å²) < 4.78 is 13.6. The van der Waals surface area contributed by atoms with Crippen LogP contribution in [0.4, 0.5) is 10.2 Å². The van der Waals surface area contributed by atoms with E-state index in [2.05, 4.69) is 15.3 Å². The summed E-state index contributed by atoms with van der Waals surface area (Å²) in [5.41, 5.74) is 1.75. The fourth-order valence-electron chi connectivity index (χ4n) is 3.14. The summed E-state index contributed by atoms with van der Waals surface area (Å²) in [5, 5.41) is 3.75. The topological polar surface area (TPSA) is 58.1 Å². The van der Waals surface area contributed by atoms with Crippen LogP contribution in [0.15, 0.2) is 54.9 Å². The SMILES string of the molecule is O=C1C(Nc2ncnc3ccc(F)cc23)CCN1Cc1ccccc1. The summed E-state index contributed by atoms with van der Waals surface area (Å²) in [6.07, 6.45) is 2.11. The molecule has 0 aliphatic carbocycles.